The molecule has 3 rings (SSSR count). The highest BCUT2D eigenvalue weighted by molar-refractivity contribution is 14.0. The van der Waals surface area contributed by atoms with E-state index in [2.05, 4.69) is 32.7 Å². The Labute approximate surface area is 177 Å². The molecule has 2 N–H and O–H groups in total. The van der Waals surface area contributed by atoms with Crippen LogP contribution in [0.5, 0.6) is 0 Å². The molecule has 0 aliphatic carbocycles. The zero-order valence-corrected chi connectivity index (χ0v) is 17.8. The molecule has 7 heteroatoms. The minimum absolute atomic E-state index is 0. The number of aromatic nitrogens is 1. The number of nitrogens with one attached hydrogen (secondary N) is 2. The van der Waals surface area contributed by atoms with Crippen LogP contribution in [-0.4, -0.2) is 30.4 Å². The molecule has 27 heavy (non-hydrogen) atoms. The number of rotatable bonds is 5. The molecule has 2 aromatic rings. The molecule has 1 aromatic carbocycles. The number of hydrogen-bond acceptors (Lipinski definition) is 3. The van der Waals surface area contributed by atoms with Crippen molar-refractivity contribution in [3.05, 3.63) is 59.9 Å². The molecule has 0 atom stereocenters. The summed E-state index contributed by atoms with van der Waals surface area (Å²) in [6, 6.07) is 14.0. The quantitative estimate of drug-likeness (QED) is 0.393. The van der Waals surface area contributed by atoms with Gasteiger partial charge in [-0.3, -0.25) is 14.8 Å². The van der Waals surface area contributed by atoms with Crippen LogP contribution in [0.15, 0.2) is 53.7 Å². The van der Waals surface area contributed by atoms with Gasteiger partial charge in [-0.1, -0.05) is 18.2 Å². The first-order chi connectivity index (χ1) is 12.8. The summed E-state index contributed by atoms with van der Waals surface area (Å²) < 4.78 is 0. The van der Waals surface area contributed by atoms with Gasteiger partial charge in [-0.05, 0) is 42.7 Å². The number of benzene rings is 1. The Balaban J connectivity index is 0.00000261. The van der Waals surface area contributed by atoms with Crippen LogP contribution in [0.25, 0.3) is 0 Å². The number of guanidine groups is 1. The number of carbonyl (C=O) groups excluding carboxylic acids is 1. The van der Waals surface area contributed by atoms with Crippen molar-refractivity contribution >= 4 is 41.5 Å². The van der Waals surface area contributed by atoms with Gasteiger partial charge in [0.15, 0.2) is 5.96 Å². The minimum atomic E-state index is 0. The number of halogens is 1. The second-order valence-electron chi connectivity index (χ2n) is 6.27. The van der Waals surface area contributed by atoms with E-state index in [1.807, 2.05) is 35.2 Å². The Morgan fingerprint density at radius 1 is 1.11 bits per heavy atom. The van der Waals surface area contributed by atoms with E-state index >= 15 is 0 Å². The summed E-state index contributed by atoms with van der Waals surface area (Å²) in [5.74, 6) is 0.951. The molecule has 1 aromatic heterocycles. The maximum absolute atomic E-state index is 12.0. The second kappa shape index (κ2) is 10.9. The molecule has 1 fully saturated rings. The number of carbonyl (C=O) groups is 1. The Morgan fingerprint density at radius 3 is 2.56 bits per heavy atom. The van der Waals surface area contributed by atoms with Gasteiger partial charge in [0.1, 0.15) is 0 Å². The van der Waals surface area contributed by atoms with Gasteiger partial charge >= 0.3 is 0 Å². The standard InChI is InChI=1S/C20H25N5O.HI/c1-21-20(24-15-17-6-2-4-12-22-17)23-14-16-8-10-18(11-9-16)25-13-5-3-7-19(25)26;/h2,4,6,8-12H,3,5,7,13-15H2,1H3,(H2,21,23,24);1H. The third-order valence-electron chi connectivity index (χ3n) is 4.42. The first kappa shape index (κ1) is 21.1. The van der Waals surface area contributed by atoms with E-state index in [-0.39, 0.29) is 29.9 Å². The fraction of sp³-hybridized carbons (Fsp3) is 0.350. The Kier molecular flexibility index (Phi) is 8.50. The van der Waals surface area contributed by atoms with Gasteiger partial charge in [0.25, 0.3) is 0 Å². The molecule has 6 nitrogen and oxygen atoms in total. The van der Waals surface area contributed by atoms with Crippen molar-refractivity contribution in [2.75, 3.05) is 18.5 Å². The normalized spacial score (nSPS) is 14.5. The van der Waals surface area contributed by atoms with E-state index in [1.165, 1.54) is 0 Å². The molecule has 1 aliphatic rings. The molecule has 2 heterocycles. The lowest BCUT2D eigenvalue weighted by atomic mass is 10.1. The van der Waals surface area contributed by atoms with E-state index in [9.17, 15) is 4.79 Å². The monoisotopic (exact) mass is 479 g/mol. The van der Waals surface area contributed by atoms with Crippen molar-refractivity contribution in [2.45, 2.75) is 32.4 Å². The van der Waals surface area contributed by atoms with Gasteiger partial charge in [0, 0.05) is 38.4 Å². The molecule has 1 amide bonds. The maximum atomic E-state index is 12.0. The van der Waals surface area contributed by atoms with Gasteiger partial charge in [0.2, 0.25) is 5.91 Å². The number of anilines is 1. The summed E-state index contributed by atoms with van der Waals surface area (Å²) in [5.41, 5.74) is 3.08. The molecule has 0 unspecified atom stereocenters. The smallest absolute Gasteiger partial charge is 0.226 e. The van der Waals surface area contributed by atoms with E-state index < -0.39 is 0 Å². The molecular formula is C20H26IN5O. The van der Waals surface area contributed by atoms with Crippen LogP contribution >= 0.6 is 24.0 Å². The van der Waals surface area contributed by atoms with Crippen LogP contribution < -0.4 is 15.5 Å². The lowest BCUT2D eigenvalue weighted by Crippen LogP contribution is -2.36. The van der Waals surface area contributed by atoms with Gasteiger partial charge in [-0.25, -0.2) is 0 Å². The Bertz CT molecular complexity index is 749. The van der Waals surface area contributed by atoms with E-state index in [4.69, 9.17) is 0 Å². The summed E-state index contributed by atoms with van der Waals surface area (Å²) in [6.07, 6.45) is 4.51. The molecule has 0 radical (unpaired) electrons. The van der Waals surface area contributed by atoms with Gasteiger partial charge < -0.3 is 15.5 Å². The fourth-order valence-corrected chi connectivity index (χ4v) is 2.96. The Morgan fingerprint density at radius 2 is 1.89 bits per heavy atom. The lowest BCUT2D eigenvalue weighted by molar-refractivity contribution is -0.119. The number of piperidine rings is 1. The van der Waals surface area contributed by atoms with Crippen molar-refractivity contribution in [2.24, 2.45) is 4.99 Å². The number of aliphatic imine (C=N–C) groups is 1. The predicted molar refractivity (Wildman–Crippen MR) is 119 cm³/mol. The van der Waals surface area contributed by atoms with Crippen LogP contribution in [0.3, 0.4) is 0 Å². The summed E-state index contributed by atoms with van der Waals surface area (Å²) in [5, 5.41) is 6.54. The minimum Gasteiger partial charge on any atom is -0.352 e. The molecule has 0 spiro atoms. The average Bonchev–Trinajstić information content (AvgIpc) is 2.70. The van der Waals surface area contributed by atoms with Crippen molar-refractivity contribution in [1.82, 2.24) is 15.6 Å². The lowest BCUT2D eigenvalue weighted by Gasteiger charge is -2.26. The van der Waals surface area contributed by atoms with Gasteiger partial charge in [-0.15, -0.1) is 24.0 Å². The van der Waals surface area contributed by atoms with Crippen LogP contribution in [0.1, 0.15) is 30.5 Å². The van der Waals surface area contributed by atoms with Crippen LogP contribution in [0.4, 0.5) is 5.69 Å². The SMILES string of the molecule is CN=C(NCc1ccc(N2CCCCC2=O)cc1)NCc1ccccn1.I. The number of amides is 1. The molecular weight excluding hydrogens is 453 g/mol. The van der Waals surface area contributed by atoms with Gasteiger partial charge in [0.05, 0.1) is 12.2 Å². The molecule has 0 bridgehead atoms. The molecule has 1 aliphatic heterocycles. The zero-order chi connectivity index (χ0) is 18.2. The summed E-state index contributed by atoms with van der Waals surface area (Å²) in [4.78, 5) is 22.4. The predicted octanol–water partition coefficient (Wildman–Crippen LogP) is 3.08. The van der Waals surface area contributed by atoms with Crippen molar-refractivity contribution in [3.63, 3.8) is 0 Å². The number of pyridine rings is 1. The second-order valence-corrected chi connectivity index (χ2v) is 6.27. The molecule has 0 saturated carbocycles. The molecule has 1 saturated heterocycles. The van der Waals surface area contributed by atoms with Crippen LogP contribution in [0, 0.1) is 0 Å². The van der Waals surface area contributed by atoms with Crippen LogP contribution in [-0.2, 0) is 17.9 Å². The van der Waals surface area contributed by atoms with Crippen LogP contribution in [0.2, 0.25) is 0 Å². The number of nitrogens with zero attached hydrogens (tertiary/aromatic N) is 3. The summed E-state index contributed by atoms with van der Waals surface area (Å²) in [7, 11) is 1.75. The topological polar surface area (TPSA) is 69.6 Å². The summed E-state index contributed by atoms with van der Waals surface area (Å²) in [6.45, 7) is 2.10. The maximum Gasteiger partial charge on any atom is 0.226 e. The number of hydrogen-bond donors (Lipinski definition) is 2. The third kappa shape index (κ3) is 6.20. The van der Waals surface area contributed by atoms with E-state index in [0.29, 0.717) is 19.5 Å². The fourth-order valence-electron chi connectivity index (χ4n) is 2.96. The first-order valence-corrected chi connectivity index (χ1v) is 9.00. The van der Waals surface area contributed by atoms with Crippen molar-refractivity contribution in [1.29, 1.82) is 0 Å². The van der Waals surface area contributed by atoms with Gasteiger partial charge in [-0.2, -0.15) is 0 Å². The van der Waals surface area contributed by atoms with Crippen molar-refractivity contribution < 1.29 is 4.79 Å². The average molecular weight is 479 g/mol. The highest BCUT2D eigenvalue weighted by Crippen LogP contribution is 2.21. The van der Waals surface area contributed by atoms with Crippen molar-refractivity contribution in [3.8, 4) is 0 Å². The zero-order valence-electron chi connectivity index (χ0n) is 15.5. The molecule has 144 valence electrons. The summed E-state index contributed by atoms with van der Waals surface area (Å²) >= 11 is 0. The largest absolute Gasteiger partial charge is 0.352 e. The van der Waals surface area contributed by atoms with E-state index in [0.717, 1.165) is 42.3 Å². The first-order valence-electron chi connectivity index (χ1n) is 9.00. The highest BCUT2D eigenvalue weighted by atomic mass is 127. The van der Waals surface area contributed by atoms with E-state index in [1.54, 1.807) is 13.2 Å². The highest BCUT2D eigenvalue weighted by Gasteiger charge is 2.19. The Hall–Kier alpha value is -2.16. The third-order valence-corrected chi connectivity index (χ3v) is 4.42.